The van der Waals surface area contributed by atoms with Crippen LogP contribution >= 0.6 is 23.2 Å². The predicted molar refractivity (Wildman–Crippen MR) is 91.4 cm³/mol. The van der Waals surface area contributed by atoms with Crippen LogP contribution in [0.3, 0.4) is 0 Å². The molecule has 0 unspecified atom stereocenters. The second-order valence-corrected chi connectivity index (χ2v) is 5.95. The number of hydrogen-bond acceptors (Lipinski definition) is 4. The Hall–Kier alpha value is -2.24. The van der Waals surface area contributed by atoms with Gasteiger partial charge in [-0.05, 0) is 42.8 Å². The number of carbonyl (C=O) groups is 2. The standard InChI is InChI=1S/C17H15Cl2NO4/c1-10(11-2-4-12(18)5-3-11)20-16(22)9-24-17(23)14-7-6-13(19)8-15(14)21/h2-8,10,21H,9H2,1H3,(H,20,22)/t10-/m0/s1. The Labute approximate surface area is 149 Å². The maximum Gasteiger partial charge on any atom is 0.342 e. The van der Waals surface area contributed by atoms with Gasteiger partial charge in [0, 0.05) is 10.0 Å². The number of ether oxygens (including phenoxy) is 1. The Balaban J connectivity index is 1.88. The molecule has 0 aliphatic heterocycles. The molecule has 5 nitrogen and oxygen atoms in total. The summed E-state index contributed by atoms with van der Waals surface area (Å²) in [6.07, 6.45) is 0. The molecule has 0 aliphatic rings. The lowest BCUT2D eigenvalue weighted by atomic mass is 10.1. The first-order valence-electron chi connectivity index (χ1n) is 7.07. The highest BCUT2D eigenvalue weighted by atomic mass is 35.5. The molecule has 0 radical (unpaired) electrons. The van der Waals surface area contributed by atoms with Crippen LogP contribution in [0.15, 0.2) is 42.5 Å². The summed E-state index contributed by atoms with van der Waals surface area (Å²) in [6.45, 7) is 1.34. The van der Waals surface area contributed by atoms with Crippen LogP contribution in [-0.2, 0) is 9.53 Å². The third-order valence-electron chi connectivity index (χ3n) is 3.26. The van der Waals surface area contributed by atoms with E-state index in [0.717, 1.165) is 5.56 Å². The van der Waals surface area contributed by atoms with Gasteiger partial charge in [0.05, 0.1) is 6.04 Å². The molecule has 2 aromatic rings. The number of phenolic OH excluding ortho intramolecular Hbond substituents is 1. The molecule has 0 fully saturated rings. The molecule has 2 aromatic carbocycles. The summed E-state index contributed by atoms with van der Waals surface area (Å²) < 4.78 is 4.89. The molecule has 126 valence electrons. The van der Waals surface area contributed by atoms with Crippen molar-refractivity contribution in [2.24, 2.45) is 0 Å². The molecular weight excluding hydrogens is 353 g/mol. The van der Waals surface area contributed by atoms with Gasteiger partial charge in [-0.25, -0.2) is 4.79 Å². The van der Waals surface area contributed by atoms with Crippen molar-refractivity contribution in [1.29, 1.82) is 0 Å². The minimum absolute atomic E-state index is 0.0575. The van der Waals surface area contributed by atoms with Crippen molar-refractivity contribution < 1.29 is 19.4 Å². The third-order valence-corrected chi connectivity index (χ3v) is 3.75. The smallest absolute Gasteiger partial charge is 0.342 e. The van der Waals surface area contributed by atoms with E-state index in [1.807, 2.05) is 0 Å². The molecule has 2 N–H and O–H groups in total. The maximum atomic E-state index is 11.9. The van der Waals surface area contributed by atoms with E-state index < -0.39 is 18.5 Å². The summed E-state index contributed by atoms with van der Waals surface area (Å²) in [5, 5.41) is 13.2. The monoisotopic (exact) mass is 367 g/mol. The number of amides is 1. The van der Waals surface area contributed by atoms with E-state index in [4.69, 9.17) is 27.9 Å². The van der Waals surface area contributed by atoms with Crippen LogP contribution < -0.4 is 5.32 Å². The number of aromatic hydroxyl groups is 1. The maximum absolute atomic E-state index is 11.9. The van der Waals surface area contributed by atoms with E-state index in [1.54, 1.807) is 31.2 Å². The van der Waals surface area contributed by atoms with Crippen molar-refractivity contribution in [1.82, 2.24) is 5.32 Å². The molecule has 0 heterocycles. The number of phenols is 1. The fourth-order valence-corrected chi connectivity index (χ4v) is 2.30. The number of nitrogens with one attached hydrogen (secondary N) is 1. The highest BCUT2D eigenvalue weighted by Gasteiger charge is 2.16. The molecule has 7 heteroatoms. The number of hydrogen-bond donors (Lipinski definition) is 2. The number of rotatable bonds is 5. The molecule has 0 aliphatic carbocycles. The Morgan fingerprint density at radius 2 is 1.75 bits per heavy atom. The topological polar surface area (TPSA) is 75.6 Å². The van der Waals surface area contributed by atoms with Crippen LogP contribution in [0.2, 0.25) is 10.0 Å². The molecule has 2 rings (SSSR count). The molecule has 24 heavy (non-hydrogen) atoms. The number of benzene rings is 2. The summed E-state index contributed by atoms with van der Waals surface area (Å²) in [4.78, 5) is 23.7. The van der Waals surface area contributed by atoms with Crippen LogP contribution in [0.5, 0.6) is 5.75 Å². The molecule has 1 amide bonds. The van der Waals surface area contributed by atoms with Crippen molar-refractivity contribution in [2.45, 2.75) is 13.0 Å². The van der Waals surface area contributed by atoms with Crippen LogP contribution in [0, 0.1) is 0 Å². The minimum atomic E-state index is -0.807. The zero-order valence-electron chi connectivity index (χ0n) is 12.8. The van der Waals surface area contributed by atoms with E-state index in [2.05, 4.69) is 5.32 Å². The molecule has 0 aromatic heterocycles. The highest BCUT2D eigenvalue weighted by molar-refractivity contribution is 6.31. The molecular formula is C17H15Cl2NO4. The summed E-state index contributed by atoms with van der Waals surface area (Å²) in [6, 6.07) is 10.8. The number of carbonyl (C=O) groups excluding carboxylic acids is 2. The Morgan fingerprint density at radius 3 is 2.38 bits per heavy atom. The van der Waals surface area contributed by atoms with Crippen molar-refractivity contribution in [3.05, 3.63) is 63.6 Å². The van der Waals surface area contributed by atoms with Crippen LogP contribution in [0.25, 0.3) is 0 Å². The average molecular weight is 368 g/mol. The Kier molecular flexibility index (Phi) is 6.06. The van der Waals surface area contributed by atoms with Crippen molar-refractivity contribution in [2.75, 3.05) is 6.61 Å². The van der Waals surface area contributed by atoms with Gasteiger partial charge in [0.2, 0.25) is 0 Å². The van der Waals surface area contributed by atoms with Crippen LogP contribution in [0.1, 0.15) is 28.9 Å². The van der Waals surface area contributed by atoms with E-state index in [9.17, 15) is 14.7 Å². The minimum Gasteiger partial charge on any atom is -0.507 e. The summed E-state index contributed by atoms with van der Waals surface area (Å²) >= 11 is 11.5. The molecule has 0 bridgehead atoms. The van der Waals surface area contributed by atoms with Gasteiger partial charge < -0.3 is 15.2 Å². The largest absolute Gasteiger partial charge is 0.507 e. The molecule has 1 atom stereocenters. The van der Waals surface area contributed by atoms with Gasteiger partial charge in [-0.3, -0.25) is 4.79 Å². The molecule has 0 saturated carbocycles. The van der Waals surface area contributed by atoms with Gasteiger partial charge >= 0.3 is 5.97 Å². The summed E-state index contributed by atoms with van der Waals surface area (Å²) in [5.74, 6) is -1.57. The van der Waals surface area contributed by atoms with Gasteiger partial charge in [-0.2, -0.15) is 0 Å². The Bertz CT molecular complexity index is 747. The van der Waals surface area contributed by atoms with E-state index >= 15 is 0 Å². The molecule has 0 saturated heterocycles. The Morgan fingerprint density at radius 1 is 1.12 bits per heavy atom. The quantitative estimate of drug-likeness (QED) is 0.789. The van der Waals surface area contributed by atoms with Gasteiger partial charge in [0.25, 0.3) is 5.91 Å². The fourth-order valence-electron chi connectivity index (χ4n) is 2.00. The predicted octanol–water partition coefficient (Wildman–Crippen LogP) is 3.73. The lowest BCUT2D eigenvalue weighted by Crippen LogP contribution is -2.31. The zero-order chi connectivity index (χ0) is 17.7. The van der Waals surface area contributed by atoms with Gasteiger partial charge in [-0.15, -0.1) is 0 Å². The van der Waals surface area contributed by atoms with E-state index in [0.29, 0.717) is 10.0 Å². The lowest BCUT2D eigenvalue weighted by Gasteiger charge is -2.14. The van der Waals surface area contributed by atoms with Gasteiger partial charge in [-0.1, -0.05) is 35.3 Å². The lowest BCUT2D eigenvalue weighted by molar-refractivity contribution is -0.124. The van der Waals surface area contributed by atoms with Crippen LogP contribution in [0.4, 0.5) is 0 Å². The van der Waals surface area contributed by atoms with Crippen LogP contribution in [-0.4, -0.2) is 23.6 Å². The van der Waals surface area contributed by atoms with E-state index in [-0.39, 0.29) is 17.4 Å². The van der Waals surface area contributed by atoms with Crippen molar-refractivity contribution >= 4 is 35.1 Å². The SMILES string of the molecule is C[C@H](NC(=O)COC(=O)c1ccc(Cl)cc1O)c1ccc(Cl)cc1. The second kappa shape index (κ2) is 8.04. The first-order valence-corrected chi connectivity index (χ1v) is 7.83. The zero-order valence-corrected chi connectivity index (χ0v) is 14.3. The molecule has 0 spiro atoms. The van der Waals surface area contributed by atoms with Crippen molar-refractivity contribution in [3.8, 4) is 5.75 Å². The number of esters is 1. The van der Waals surface area contributed by atoms with Crippen molar-refractivity contribution in [3.63, 3.8) is 0 Å². The normalized spacial score (nSPS) is 11.6. The third kappa shape index (κ3) is 4.88. The van der Waals surface area contributed by atoms with Gasteiger partial charge in [0.15, 0.2) is 6.61 Å². The average Bonchev–Trinajstić information content (AvgIpc) is 2.53. The highest BCUT2D eigenvalue weighted by Crippen LogP contribution is 2.22. The summed E-state index contributed by atoms with van der Waals surface area (Å²) in [5.41, 5.74) is 0.812. The first-order chi connectivity index (χ1) is 11.4. The first kappa shape index (κ1) is 18.1. The summed E-state index contributed by atoms with van der Waals surface area (Å²) in [7, 11) is 0. The number of halogens is 2. The second-order valence-electron chi connectivity index (χ2n) is 5.08. The van der Waals surface area contributed by atoms with Gasteiger partial charge in [0.1, 0.15) is 11.3 Å². The fraction of sp³-hybridized carbons (Fsp3) is 0.176. The van der Waals surface area contributed by atoms with E-state index in [1.165, 1.54) is 18.2 Å².